The molecule has 26 heavy (non-hydrogen) atoms. The summed E-state index contributed by atoms with van der Waals surface area (Å²) in [5.74, 6) is -0.533. The van der Waals surface area contributed by atoms with Crippen molar-refractivity contribution in [1.29, 1.82) is 0 Å². The topological polar surface area (TPSA) is 118 Å². The zero-order valence-electron chi connectivity index (χ0n) is 13.2. The van der Waals surface area contributed by atoms with Crippen LogP contribution in [0, 0.1) is 15.9 Å². The third-order valence-electron chi connectivity index (χ3n) is 3.09. The van der Waals surface area contributed by atoms with Gasteiger partial charge in [-0.05, 0) is 36.4 Å². The van der Waals surface area contributed by atoms with Gasteiger partial charge < -0.3 is 0 Å². The van der Waals surface area contributed by atoms with E-state index in [9.17, 15) is 27.7 Å². The molecule has 0 heterocycles. The number of hydrogen-bond acceptors (Lipinski definition) is 6. The van der Waals surface area contributed by atoms with Crippen molar-refractivity contribution in [3.8, 4) is 0 Å². The number of thioether (sulfide) groups is 1. The van der Waals surface area contributed by atoms with Gasteiger partial charge in [0.25, 0.3) is 15.7 Å². The number of halogens is 1. The molecular formula is C15H14FN3O5S2. The molecule has 2 aromatic carbocycles. The number of rotatable bonds is 8. The first-order chi connectivity index (χ1) is 12.3. The molecule has 2 aromatic rings. The van der Waals surface area contributed by atoms with E-state index in [0.717, 1.165) is 29.2 Å². The summed E-state index contributed by atoms with van der Waals surface area (Å²) in [7, 11) is -4.03. The van der Waals surface area contributed by atoms with Gasteiger partial charge in [0.2, 0.25) is 5.91 Å². The van der Waals surface area contributed by atoms with Crippen molar-refractivity contribution in [2.45, 2.75) is 16.2 Å². The van der Waals surface area contributed by atoms with Crippen molar-refractivity contribution < 1.29 is 22.5 Å². The molecule has 2 rings (SSSR count). The molecular weight excluding hydrogens is 385 g/mol. The van der Waals surface area contributed by atoms with E-state index in [-0.39, 0.29) is 22.8 Å². The van der Waals surface area contributed by atoms with Crippen LogP contribution in [0.2, 0.25) is 0 Å². The number of nitro benzene ring substituents is 1. The van der Waals surface area contributed by atoms with Crippen LogP contribution in [-0.4, -0.2) is 25.0 Å². The fourth-order valence-electron chi connectivity index (χ4n) is 1.78. The van der Waals surface area contributed by atoms with Gasteiger partial charge in [0.1, 0.15) is 5.82 Å². The maximum Gasteiger partial charge on any atom is 0.269 e. The number of nitrogens with zero attached hydrogens (tertiary/aromatic N) is 1. The third kappa shape index (κ3) is 5.79. The maximum atomic E-state index is 12.8. The quantitative estimate of drug-likeness (QED) is 0.399. The van der Waals surface area contributed by atoms with Gasteiger partial charge in [-0.25, -0.2) is 12.8 Å². The standard InChI is InChI=1S/C15H14FN3O5S2/c16-11-1-5-13(6-2-11)25-10-9-15(20)17-18-26(23,24)14-7-3-12(4-8-14)19(21)22/h1-8,18H,9-10H2,(H,17,20). The van der Waals surface area contributed by atoms with E-state index in [0.29, 0.717) is 5.75 Å². The molecule has 0 saturated heterocycles. The van der Waals surface area contributed by atoms with Gasteiger partial charge >= 0.3 is 0 Å². The van der Waals surface area contributed by atoms with Crippen molar-refractivity contribution in [3.05, 3.63) is 64.5 Å². The Bertz CT molecular complexity index is 887. The van der Waals surface area contributed by atoms with Crippen LogP contribution in [0.4, 0.5) is 10.1 Å². The van der Waals surface area contributed by atoms with E-state index < -0.39 is 20.9 Å². The first kappa shape index (κ1) is 19.8. The van der Waals surface area contributed by atoms with E-state index in [2.05, 4.69) is 5.43 Å². The van der Waals surface area contributed by atoms with Gasteiger partial charge in [0.05, 0.1) is 9.82 Å². The largest absolute Gasteiger partial charge is 0.278 e. The second-order valence-corrected chi connectivity index (χ2v) is 7.81. The molecule has 0 aliphatic heterocycles. The summed E-state index contributed by atoms with van der Waals surface area (Å²) in [6.07, 6.45) is 0.0326. The summed E-state index contributed by atoms with van der Waals surface area (Å²) in [4.78, 5) is 24.1. The van der Waals surface area contributed by atoms with Crippen molar-refractivity contribution >= 4 is 33.4 Å². The van der Waals surface area contributed by atoms with Gasteiger partial charge in [0.15, 0.2) is 0 Å². The van der Waals surface area contributed by atoms with E-state index in [1.165, 1.54) is 23.9 Å². The molecule has 0 spiro atoms. The summed E-state index contributed by atoms with van der Waals surface area (Å²) in [5.41, 5.74) is 1.83. The van der Waals surface area contributed by atoms with Crippen molar-refractivity contribution in [1.82, 2.24) is 10.3 Å². The second-order valence-electron chi connectivity index (χ2n) is 4.96. The molecule has 0 atom stereocenters. The summed E-state index contributed by atoms with van der Waals surface area (Å²) < 4.78 is 36.8. The number of carbonyl (C=O) groups is 1. The molecule has 0 aliphatic carbocycles. The molecule has 138 valence electrons. The fraction of sp³-hybridized carbons (Fsp3) is 0.133. The average molecular weight is 399 g/mol. The Kier molecular flexibility index (Phi) is 6.66. The Balaban J connectivity index is 1.81. The van der Waals surface area contributed by atoms with Crippen LogP contribution in [-0.2, 0) is 14.8 Å². The van der Waals surface area contributed by atoms with Gasteiger partial charge in [-0.2, -0.15) is 0 Å². The molecule has 1 amide bonds. The van der Waals surface area contributed by atoms with Gasteiger partial charge in [-0.1, -0.05) is 0 Å². The van der Waals surface area contributed by atoms with Gasteiger partial charge in [0, 0.05) is 29.2 Å². The number of sulfonamides is 1. The predicted octanol–water partition coefficient (Wildman–Crippen LogP) is 2.23. The minimum atomic E-state index is -4.03. The van der Waals surface area contributed by atoms with E-state index in [4.69, 9.17) is 0 Å². The van der Waals surface area contributed by atoms with E-state index in [1.807, 2.05) is 4.83 Å². The monoisotopic (exact) mass is 399 g/mol. The summed E-state index contributed by atoms with van der Waals surface area (Å²) in [6, 6.07) is 10.0. The molecule has 0 unspecified atom stereocenters. The van der Waals surface area contributed by atoms with Crippen LogP contribution in [0.15, 0.2) is 58.3 Å². The molecule has 0 aromatic heterocycles. The number of hydrogen-bond donors (Lipinski definition) is 2. The minimum Gasteiger partial charge on any atom is -0.278 e. The smallest absolute Gasteiger partial charge is 0.269 e. The third-order valence-corrected chi connectivity index (χ3v) is 5.37. The highest BCUT2D eigenvalue weighted by Gasteiger charge is 2.16. The summed E-state index contributed by atoms with van der Waals surface area (Å²) >= 11 is 1.32. The van der Waals surface area contributed by atoms with Crippen LogP contribution in [0.25, 0.3) is 0 Å². The molecule has 0 saturated carbocycles. The number of carbonyl (C=O) groups excluding carboxylic acids is 1. The number of nitrogens with one attached hydrogen (secondary N) is 2. The molecule has 0 fully saturated rings. The Labute approximate surface area is 153 Å². The lowest BCUT2D eigenvalue weighted by Gasteiger charge is -2.08. The lowest BCUT2D eigenvalue weighted by molar-refractivity contribution is -0.384. The van der Waals surface area contributed by atoms with Crippen LogP contribution >= 0.6 is 11.8 Å². The van der Waals surface area contributed by atoms with Crippen molar-refractivity contribution in [3.63, 3.8) is 0 Å². The first-order valence-electron chi connectivity index (χ1n) is 7.21. The normalized spacial score (nSPS) is 11.1. The van der Waals surface area contributed by atoms with E-state index in [1.54, 1.807) is 12.1 Å². The highest BCUT2D eigenvalue weighted by molar-refractivity contribution is 7.99. The predicted molar refractivity (Wildman–Crippen MR) is 93.3 cm³/mol. The minimum absolute atomic E-state index is 0.0326. The van der Waals surface area contributed by atoms with Crippen molar-refractivity contribution in [2.24, 2.45) is 0 Å². The Morgan fingerprint density at radius 1 is 1.12 bits per heavy atom. The maximum absolute atomic E-state index is 12.8. The van der Waals surface area contributed by atoms with Crippen LogP contribution < -0.4 is 10.3 Å². The first-order valence-corrected chi connectivity index (χ1v) is 9.68. The van der Waals surface area contributed by atoms with Crippen LogP contribution in [0.5, 0.6) is 0 Å². The zero-order chi connectivity index (χ0) is 19.2. The summed E-state index contributed by atoms with van der Waals surface area (Å²) in [6.45, 7) is 0. The van der Waals surface area contributed by atoms with E-state index >= 15 is 0 Å². The van der Waals surface area contributed by atoms with Crippen molar-refractivity contribution in [2.75, 3.05) is 5.75 Å². The lowest BCUT2D eigenvalue weighted by Crippen LogP contribution is -2.41. The Morgan fingerprint density at radius 3 is 2.31 bits per heavy atom. The SMILES string of the molecule is O=C(CCSc1ccc(F)cc1)NNS(=O)(=O)c1ccc([N+](=O)[O-])cc1. The molecule has 2 N–H and O–H groups in total. The lowest BCUT2D eigenvalue weighted by atomic mass is 10.3. The number of hydrazine groups is 1. The Morgan fingerprint density at radius 2 is 1.73 bits per heavy atom. The van der Waals surface area contributed by atoms with Gasteiger partial charge in [-0.15, -0.1) is 16.6 Å². The van der Waals surface area contributed by atoms with Crippen LogP contribution in [0.1, 0.15) is 6.42 Å². The molecule has 0 aliphatic rings. The highest BCUT2D eigenvalue weighted by Crippen LogP contribution is 2.19. The van der Waals surface area contributed by atoms with Crippen LogP contribution in [0.3, 0.4) is 0 Å². The number of nitro groups is 1. The molecule has 11 heteroatoms. The summed E-state index contributed by atoms with van der Waals surface area (Å²) in [5, 5.41) is 10.6. The number of benzene rings is 2. The molecule has 0 bridgehead atoms. The Hall–Kier alpha value is -2.50. The average Bonchev–Trinajstić information content (AvgIpc) is 2.62. The molecule has 8 nitrogen and oxygen atoms in total. The fourth-order valence-corrected chi connectivity index (χ4v) is 3.50. The van der Waals surface area contributed by atoms with Gasteiger partial charge in [-0.3, -0.25) is 20.3 Å². The zero-order valence-corrected chi connectivity index (χ0v) is 14.8. The number of non-ortho nitro benzene ring substituents is 1. The highest BCUT2D eigenvalue weighted by atomic mass is 32.2. The molecule has 0 radical (unpaired) electrons. The number of amides is 1. The second kappa shape index (κ2) is 8.74.